The van der Waals surface area contributed by atoms with Crippen molar-refractivity contribution in [2.45, 2.75) is 39.5 Å². The van der Waals surface area contributed by atoms with Gasteiger partial charge < -0.3 is 0 Å². The standard InChI is InChI=1S/C14H20BNO3/c1-10(2)13(17)11(3)16-15-14(18)19-9-12-7-5-4-6-8-12/h4-8,10-11,13,17H,9H2,1-3H3/t11-,13+/m0/s1. The van der Waals surface area contributed by atoms with Crippen molar-refractivity contribution in [2.24, 2.45) is 10.8 Å². The van der Waals surface area contributed by atoms with E-state index in [1.54, 1.807) is 6.92 Å². The number of hydrogen-bond donors (Lipinski definition) is 1. The first-order chi connectivity index (χ1) is 9.00. The minimum absolute atomic E-state index is 0.104. The van der Waals surface area contributed by atoms with Gasteiger partial charge in [-0.1, -0.05) is 0 Å². The van der Waals surface area contributed by atoms with Gasteiger partial charge in [-0.3, -0.25) is 0 Å². The molecule has 0 unspecified atom stereocenters. The number of ether oxygens (including phenoxy) is 1. The van der Waals surface area contributed by atoms with E-state index < -0.39 is 12.0 Å². The van der Waals surface area contributed by atoms with E-state index in [9.17, 15) is 9.90 Å². The predicted molar refractivity (Wildman–Crippen MR) is 75.1 cm³/mol. The Morgan fingerprint density at radius 1 is 1.32 bits per heavy atom. The third-order valence-corrected chi connectivity index (χ3v) is 2.82. The molecule has 1 rings (SSSR count). The summed E-state index contributed by atoms with van der Waals surface area (Å²) in [7, 11) is 1.14. The molecule has 5 heteroatoms. The Morgan fingerprint density at radius 2 is 1.95 bits per heavy atom. The van der Waals surface area contributed by atoms with Crippen molar-refractivity contribution in [3.63, 3.8) is 0 Å². The number of aliphatic hydroxyl groups is 1. The summed E-state index contributed by atoms with van der Waals surface area (Å²) < 4.78 is 5.05. The Balaban J connectivity index is 2.39. The van der Waals surface area contributed by atoms with Crippen molar-refractivity contribution in [3.05, 3.63) is 35.9 Å². The topological polar surface area (TPSA) is 58.9 Å². The van der Waals surface area contributed by atoms with Gasteiger partial charge >= 0.3 is 114 Å². The Morgan fingerprint density at radius 3 is 2.53 bits per heavy atom. The van der Waals surface area contributed by atoms with E-state index in [1.807, 2.05) is 44.2 Å². The van der Waals surface area contributed by atoms with Gasteiger partial charge in [-0.15, -0.1) is 0 Å². The first kappa shape index (κ1) is 15.6. The fourth-order valence-corrected chi connectivity index (χ4v) is 1.59. The minimum atomic E-state index is -0.557. The van der Waals surface area contributed by atoms with Crippen LogP contribution in [-0.2, 0) is 11.3 Å². The summed E-state index contributed by atoms with van der Waals surface area (Å²) >= 11 is 0. The Labute approximate surface area is 114 Å². The van der Waals surface area contributed by atoms with Crippen LogP contribution in [0.1, 0.15) is 26.3 Å². The summed E-state index contributed by atoms with van der Waals surface area (Å²) in [6.07, 6.45) is -0.557. The Bertz CT molecular complexity index is 420. The van der Waals surface area contributed by atoms with Gasteiger partial charge in [0.2, 0.25) is 0 Å². The maximum atomic E-state index is 11.5. The van der Waals surface area contributed by atoms with E-state index >= 15 is 0 Å². The molecule has 102 valence electrons. The van der Waals surface area contributed by atoms with Crippen LogP contribution >= 0.6 is 0 Å². The van der Waals surface area contributed by atoms with Crippen LogP contribution in [0.3, 0.4) is 0 Å². The summed E-state index contributed by atoms with van der Waals surface area (Å²) in [5.74, 6) is -0.390. The average molecular weight is 261 g/mol. The number of hydrogen-bond acceptors (Lipinski definition) is 4. The van der Waals surface area contributed by atoms with Gasteiger partial charge in [0, 0.05) is 0 Å². The molecule has 2 atom stereocenters. The summed E-state index contributed by atoms with van der Waals surface area (Å²) in [5.41, 5.74) is 0.930. The van der Waals surface area contributed by atoms with Crippen LogP contribution in [0.4, 0.5) is 4.79 Å². The van der Waals surface area contributed by atoms with Crippen molar-refractivity contribution in [1.29, 1.82) is 0 Å². The van der Waals surface area contributed by atoms with E-state index in [0.29, 0.717) is 0 Å². The van der Waals surface area contributed by atoms with Gasteiger partial charge in [0.15, 0.2) is 0 Å². The summed E-state index contributed by atoms with van der Waals surface area (Å²) in [6, 6.07) is 9.13. The second-order valence-electron chi connectivity index (χ2n) is 4.85. The first-order valence-electron chi connectivity index (χ1n) is 6.42. The van der Waals surface area contributed by atoms with Gasteiger partial charge in [-0.25, -0.2) is 0 Å². The molecule has 0 spiro atoms. The van der Waals surface area contributed by atoms with E-state index in [2.05, 4.69) is 4.90 Å². The van der Waals surface area contributed by atoms with Crippen LogP contribution in [0, 0.1) is 5.92 Å². The Hall–Kier alpha value is -1.49. The number of carbonyl (C=O) groups is 1. The predicted octanol–water partition coefficient (Wildman–Crippen LogP) is 2.62. The molecule has 1 N–H and O–H groups in total. The van der Waals surface area contributed by atoms with Gasteiger partial charge in [-0.2, -0.15) is 0 Å². The average Bonchev–Trinajstić information content (AvgIpc) is 2.42. The fraction of sp³-hybridized carbons (Fsp3) is 0.500. The first-order valence-corrected chi connectivity index (χ1v) is 6.42. The van der Waals surface area contributed by atoms with E-state index in [4.69, 9.17) is 4.74 Å². The van der Waals surface area contributed by atoms with Gasteiger partial charge in [0.05, 0.1) is 0 Å². The quantitative estimate of drug-likeness (QED) is 0.801. The normalized spacial score (nSPS) is 14.2. The molecule has 0 amide bonds. The molecule has 0 aliphatic carbocycles. The zero-order chi connectivity index (χ0) is 14.3. The molecule has 4 nitrogen and oxygen atoms in total. The number of carbonyl (C=O) groups excluding carboxylic acids is 1. The Kier molecular flexibility index (Phi) is 6.43. The summed E-state index contributed by atoms with van der Waals surface area (Å²) in [4.78, 5) is 15.5. The van der Waals surface area contributed by atoms with Crippen LogP contribution in [0.25, 0.3) is 0 Å². The summed E-state index contributed by atoms with van der Waals surface area (Å²) in [5, 5.41) is 9.75. The van der Waals surface area contributed by atoms with Crippen LogP contribution in [0.15, 0.2) is 35.2 Å². The van der Waals surface area contributed by atoms with Crippen LogP contribution in [0.5, 0.6) is 0 Å². The molecule has 0 heterocycles. The van der Waals surface area contributed by atoms with Crippen molar-refractivity contribution >= 4 is 12.9 Å². The van der Waals surface area contributed by atoms with Crippen LogP contribution in [-0.4, -0.2) is 30.2 Å². The third kappa shape index (κ3) is 5.79. The SMILES string of the molecule is CC(C)[C@@H](O)[C@H](C)N=BC(=O)OCc1ccccc1. The number of rotatable bonds is 6. The van der Waals surface area contributed by atoms with Gasteiger partial charge in [0.25, 0.3) is 0 Å². The second-order valence-corrected chi connectivity index (χ2v) is 4.85. The summed E-state index contributed by atoms with van der Waals surface area (Å²) in [6.45, 7) is 5.81. The maximum absolute atomic E-state index is 11.5. The number of benzene rings is 1. The molecule has 0 aromatic heterocycles. The van der Waals surface area contributed by atoms with E-state index in [-0.39, 0.29) is 18.6 Å². The van der Waals surface area contributed by atoms with Crippen molar-refractivity contribution < 1.29 is 14.6 Å². The van der Waals surface area contributed by atoms with E-state index in [1.165, 1.54) is 0 Å². The molecule has 0 aliphatic rings. The molecular weight excluding hydrogens is 241 g/mol. The van der Waals surface area contributed by atoms with Crippen molar-refractivity contribution in [2.75, 3.05) is 0 Å². The van der Waals surface area contributed by atoms with Crippen molar-refractivity contribution in [3.8, 4) is 0 Å². The molecule has 0 saturated heterocycles. The molecule has 0 radical (unpaired) electrons. The molecule has 19 heavy (non-hydrogen) atoms. The van der Waals surface area contributed by atoms with Crippen molar-refractivity contribution in [1.82, 2.24) is 0 Å². The number of nitrogens with zero attached hydrogens (tertiary/aromatic N) is 1. The number of aliphatic hydroxyl groups excluding tert-OH is 1. The molecule has 1 aromatic carbocycles. The monoisotopic (exact) mass is 261 g/mol. The van der Waals surface area contributed by atoms with Gasteiger partial charge in [-0.05, 0) is 0 Å². The fourth-order valence-electron chi connectivity index (χ4n) is 1.59. The zero-order valence-electron chi connectivity index (χ0n) is 11.6. The molecule has 0 saturated carbocycles. The van der Waals surface area contributed by atoms with E-state index in [0.717, 1.165) is 12.6 Å². The zero-order valence-corrected chi connectivity index (χ0v) is 11.6. The second kappa shape index (κ2) is 7.84. The molecule has 0 aliphatic heterocycles. The van der Waals surface area contributed by atoms with Crippen LogP contribution < -0.4 is 0 Å². The molecule has 1 aromatic rings. The molecule has 0 bridgehead atoms. The van der Waals surface area contributed by atoms with Crippen LogP contribution in [0.2, 0.25) is 0 Å². The third-order valence-electron chi connectivity index (χ3n) is 2.82. The molecule has 0 fully saturated rings. The van der Waals surface area contributed by atoms with Gasteiger partial charge in [0.1, 0.15) is 0 Å². The molecular formula is C14H20BNO3.